The maximum Gasteiger partial charge on any atom is 0.236 e. The van der Waals surface area contributed by atoms with Gasteiger partial charge in [-0.25, -0.2) is 9.97 Å². The summed E-state index contributed by atoms with van der Waals surface area (Å²) in [4.78, 5) is 20.6. The lowest BCUT2D eigenvalue weighted by Crippen LogP contribution is -2.14. The minimum Gasteiger partial charge on any atom is -0.319 e. The van der Waals surface area contributed by atoms with Crippen LogP contribution in [0.4, 0.5) is 5.13 Å². The number of carbonyl (C=O) groups is 1. The average molecular weight is 332 g/mol. The molecule has 0 aliphatic carbocycles. The molecular weight excluding hydrogens is 316 g/mol. The summed E-state index contributed by atoms with van der Waals surface area (Å²) in [5.74, 6) is 0.266. The molecule has 0 fully saturated rings. The Morgan fingerprint density at radius 3 is 3.05 bits per heavy atom. The number of aryl methyl sites for hydroxylation is 1. The first-order valence-corrected chi connectivity index (χ1v) is 8.92. The number of thioether (sulfide) groups is 1. The van der Waals surface area contributed by atoms with Gasteiger partial charge in [0.15, 0.2) is 10.3 Å². The predicted molar refractivity (Wildman–Crippen MR) is 91.5 cm³/mol. The highest BCUT2D eigenvalue weighted by molar-refractivity contribution is 7.99. The third-order valence-corrected chi connectivity index (χ3v) is 4.74. The Morgan fingerprint density at radius 1 is 1.41 bits per heavy atom. The van der Waals surface area contributed by atoms with Crippen molar-refractivity contribution in [3.63, 3.8) is 0 Å². The van der Waals surface area contributed by atoms with E-state index in [-0.39, 0.29) is 5.91 Å². The van der Waals surface area contributed by atoms with Crippen LogP contribution in [0.25, 0.3) is 11.0 Å². The molecule has 0 atom stereocenters. The number of thiazole rings is 1. The minimum absolute atomic E-state index is 0.0601. The summed E-state index contributed by atoms with van der Waals surface area (Å²) in [6.07, 6.45) is 2.70. The van der Waals surface area contributed by atoms with Gasteiger partial charge in [-0.2, -0.15) is 0 Å². The number of nitrogens with zero attached hydrogens (tertiary/aromatic N) is 3. The number of carbonyl (C=O) groups excluding carboxylic acids is 1. The van der Waals surface area contributed by atoms with Crippen molar-refractivity contribution in [3.05, 3.63) is 35.8 Å². The maximum absolute atomic E-state index is 12.0. The van der Waals surface area contributed by atoms with E-state index in [0.29, 0.717) is 10.9 Å². The van der Waals surface area contributed by atoms with Crippen molar-refractivity contribution in [2.45, 2.75) is 25.0 Å². The number of para-hydroxylation sites is 2. The predicted octanol–water partition coefficient (Wildman–Crippen LogP) is 3.63. The molecule has 0 bridgehead atoms. The monoisotopic (exact) mass is 332 g/mol. The molecule has 114 valence electrons. The SMILES string of the molecule is CCCn1c(SCC(=O)Nc2nccs2)nc2ccccc21. The van der Waals surface area contributed by atoms with Crippen LogP contribution < -0.4 is 5.32 Å². The number of anilines is 1. The molecule has 1 aromatic carbocycles. The second-order valence-corrected chi connectivity index (χ2v) is 6.55. The number of imidazole rings is 1. The summed E-state index contributed by atoms with van der Waals surface area (Å²) >= 11 is 2.87. The quantitative estimate of drug-likeness (QED) is 0.700. The van der Waals surface area contributed by atoms with Crippen molar-refractivity contribution >= 4 is 45.2 Å². The van der Waals surface area contributed by atoms with Crippen LogP contribution in [0.15, 0.2) is 41.0 Å². The molecule has 7 heteroatoms. The number of fused-ring (bicyclic) bond motifs is 1. The molecule has 0 saturated carbocycles. The zero-order chi connectivity index (χ0) is 15.4. The van der Waals surface area contributed by atoms with Crippen molar-refractivity contribution < 1.29 is 4.79 Å². The smallest absolute Gasteiger partial charge is 0.236 e. The first-order valence-electron chi connectivity index (χ1n) is 7.05. The Hall–Kier alpha value is -1.86. The lowest BCUT2D eigenvalue weighted by Gasteiger charge is -2.07. The van der Waals surface area contributed by atoms with E-state index in [4.69, 9.17) is 0 Å². The molecule has 1 amide bonds. The molecule has 0 radical (unpaired) electrons. The number of hydrogen-bond acceptors (Lipinski definition) is 5. The Morgan fingerprint density at radius 2 is 2.27 bits per heavy atom. The number of aromatic nitrogens is 3. The van der Waals surface area contributed by atoms with E-state index in [2.05, 4.69) is 32.8 Å². The van der Waals surface area contributed by atoms with Gasteiger partial charge in [-0.05, 0) is 18.6 Å². The standard InChI is InChI=1S/C15H16N4OS2/c1-2-8-19-12-6-4-3-5-11(12)17-15(19)22-10-13(20)18-14-16-7-9-21-14/h3-7,9H,2,8,10H2,1H3,(H,16,18,20). The van der Waals surface area contributed by atoms with Crippen molar-refractivity contribution in [1.82, 2.24) is 14.5 Å². The summed E-state index contributed by atoms with van der Waals surface area (Å²) in [7, 11) is 0. The van der Waals surface area contributed by atoms with Gasteiger partial charge in [0.1, 0.15) is 0 Å². The first-order chi connectivity index (χ1) is 10.8. The normalized spacial score (nSPS) is 11.0. The molecule has 3 rings (SSSR count). The summed E-state index contributed by atoms with van der Waals surface area (Å²) in [6, 6.07) is 8.06. The molecule has 5 nitrogen and oxygen atoms in total. The largest absolute Gasteiger partial charge is 0.319 e. The van der Waals surface area contributed by atoms with E-state index < -0.39 is 0 Å². The molecule has 0 saturated heterocycles. The first kappa shape index (κ1) is 15.1. The highest BCUT2D eigenvalue weighted by atomic mass is 32.2. The molecule has 3 aromatic rings. The van der Waals surface area contributed by atoms with Gasteiger partial charge >= 0.3 is 0 Å². The Kier molecular flexibility index (Phi) is 4.74. The fourth-order valence-electron chi connectivity index (χ4n) is 2.17. The number of benzene rings is 1. The van der Waals surface area contributed by atoms with Crippen LogP contribution in [-0.2, 0) is 11.3 Å². The van der Waals surface area contributed by atoms with Gasteiger partial charge in [-0.3, -0.25) is 4.79 Å². The number of rotatable bonds is 6. The summed E-state index contributed by atoms with van der Waals surface area (Å²) in [5, 5.41) is 6.14. The van der Waals surface area contributed by atoms with Crippen LogP contribution >= 0.6 is 23.1 Å². The number of nitrogens with one attached hydrogen (secondary N) is 1. The maximum atomic E-state index is 12.0. The lowest BCUT2D eigenvalue weighted by atomic mass is 10.3. The topological polar surface area (TPSA) is 59.8 Å². The Balaban J connectivity index is 1.72. The van der Waals surface area contributed by atoms with E-state index in [1.165, 1.54) is 23.1 Å². The van der Waals surface area contributed by atoms with Crippen molar-refractivity contribution in [3.8, 4) is 0 Å². The fraction of sp³-hybridized carbons (Fsp3) is 0.267. The molecule has 2 heterocycles. The second-order valence-electron chi connectivity index (χ2n) is 4.71. The Bertz CT molecular complexity index is 767. The fourth-order valence-corrected chi connectivity index (χ4v) is 3.56. The van der Waals surface area contributed by atoms with Crippen LogP contribution in [0.2, 0.25) is 0 Å². The van der Waals surface area contributed by atoms with Gasteiger partial charge in [0, 0.05) is 18.1 Å². The lowest BCUT2D eigenvalue weighted by molar-refractivity contribution is -0.113. The van der Waals surface area contributed by atoms with E-state index in [1.54, 1.807) is 6.20 Å². The van der Waals surface area contributed by atoms with E-state index in [9.17, 15) is 4.79 Å². The molecule has 22 heavy (non-hydrogen) atoms. The van der Waals surface area contributed by atoms with Crippen LogP contribution in [-0.4, -0.2) is 26.2 Å². The summed E-state index contributed by atoms with van der Waals surface area (Å²) < 4.78 is 2.18. The van der Waals surface area contributed by atoms with Crippen LogP contribution in [0.5, 0.6) is 0 Å². The van der Waals surface area contributed by atoms with Crippen molar-refractivity contribution in [1.29, 1.82) is 0 Å². The van der Waals surface area contributed by atoms with E-state index in [0.717, 1.165) is 29.2 Å². The van der Waals surface area contributed by atoms with Gasteiger partial charge in [-0.1, -0.05) is 30.8 Å². The molecule has 2 aromatic heterocycles. The van der Waals surface area contributed by atoms with Gasteiger partial charge in [0.05, 0.1) is 16.8 Å². The molecule has 0 aliphatic heterocycles. The third kappa shape index (κ3) is 3.31. The summed E-state index contributed by atoms with van der Waals surface area (Å²) in [5.41, 5.74) is 2.09. The highest BCUT2D eigenvalue weighted by Gasteiger charge is 2.12. The summed E-state index contributed by atoms with van der Waals surface area (Å²) in [6.45, 7) is 3.04. The van der Waals surface area contributed by atoms with Crippen molar-refractivity contribution in [2.75, 3.05) is 11.1 Å². The zero-order valence-corrected chi connectivity index (χ0v) is 13.8. The van der Waals surface area contributed by atoms with Crippen LogP contribution in [0, 0.1) is 0 Å². The zero-order valence-electron chi connectivity index (χ0n) is 12.2. The second kappa shape index (κ2) is 6.93. The van der Waals surface area contributed by atoms with Gasteiger partial charge in [-0.15, -0.1) is 11.3 Å². The van der Waals surface area contributed by atoms with Crippen molar-refractivity contribution in [2.24, 2.45) is 0 Å². The van der Waals surface area contributed by atoms with Gasteiger partial charge < -0.3 is 9.88 Å². The highest BCUT2D eigenvalue weighted by Crippen LogP contribution is 2.24. The molecule has 0 unspecified atom stereocenters. The van der Waals surface area contributed by atoms with E-state index >= 15 is 0 Å². The van der Waals surface area contributed by atoms with Gasteiger partial charge in [0.25, 0.3) is 0 Å². The Labute approximate surface area is 136 Å². The van der Waals surface area contributed by atoms with E-state index in [1.807, 2.05) is 23.6 Å². The molecule has 1 N–H and O–H groups in total. The van der Waals surface area contributed by atoms with Crippen LogP contribution in [0.3, 0.4) is 0 Å². The van der Waals surface area contributed by atoms with Crippen LogP contribution in [0.1, 0.15) is 13.3 Å². The molecule has 0 aliphatic rings. The number of amides is 1. The number of hydrogen-bond donors (Lipinski definition) is 1. The third-order valence-electron chi connectivity index (χ3n) is 3.08. The minimum atomic E-state index is -0.0601. The van der Waals surface area contributed by atoms with Gasteiger partial charge in [0.2, 0.25) is 5.91 Å². The molecular formula is C15H16N4OS2. The average Bonchev–Trinajstić information content (AvgIpc) is 3.14. The molecule has 0 spiro atoms.